The highest BCUT2D eigenvalue weighted by Crippen LogP contribution is 2.12. The average molecular weight is 290 g/mol. The molecule has 0 heterocycles. The first-order valence-electron chi connectivity index (χ1n) is 8.56. The molecule has 0 aliphatic rings. The Morgan fingerprint density at radius 3 is 2.05 bits per heavy atom. The molecule has 0 radical (unpaired) electrons. The molecule has 2 heteroatoms. The second-order valence-corrected chi connectivity index (χ2v) is 5.93. The molecular formula is C19H30O2. The Hall–Kier alpha value is -1.31. The summed E-state index contributed by atoms with van der Waals surface area (Å²) in [6.07, 6.45) is 14.1. The predicted octanol–water partition coefficient (Wildman–Crippen LogP) is 5.22. The molecule has 2 nitrogen and oxygen atoms in total. The minimum absolute atomic E-state index is 0.163. The SMILES string of the molecule is CCCCCCCCCCCCc1cccc(O)c(=O)c1. The third-order valence-electron chi connectivity index (χ3n) is 3.95. The van der Waals surface area contributed by atoms with Gasteiger partial charge in [-0.3, -0.25) is 4.79 Å². The lowest BCUT2D eigenvalue weighted by Gasteiger charge is -2.02. The molecule has 0 spiro atoms. The van der Waals surface area contributed by atoms with E-state index in [4.69, 9.17) is 0 Å². The second kappa shape index (κ2) is 11.4. The van der Waals surface area contributed by atoms with Gasteiger partial charge in [0.2, 0.25) is 5.43 Å². The minimum Gasteiger partial charge on any atom is -0.504 e. The maximum atomic E-state index is 11.5. The number of rotatable bonds is 11. The summed E-state index contributed by atoms with van der Waals surface area (Å²) in [4.78, 5) is 11.5. The predicted molar refractivity (Wildman–Crippen MR) is 89.9 cm³/mol. The van der Waals surface area contributed by atoms with Crippen LogP contribution in [0.2, 0.25) is 0 Å². The minimum atomic E-state index is -0.276. The van der Waals surface area contributed by atoms with Gasteiger partial charge < -0.3 is 5.11 Å². The first kappa shape index (κ1) is 17.7. The molecular weight excluding hydrogens is 260 g/mol. The molecule has 1 aromatic rings. The van der Waals surface area contributed by atoms with Crippen LogP contribution in [0, 0.1) is 0 Å². The summed E-state index contributed by atoms with van der Waals surface area (Å²) in [5.41, 5.74) is 0.752. The van der Waals surface area contributed by atoms with Crippen molar-refractivity contribution in [1.82, 2.24) is 0 Å². The van der Waals surface area contributed by atoms with Gasteiger partial charge in [0.25, 0.3) is 0 Å². The van der Waals surface area contributed by atoms with E-state index in [-0.39, 0.29) is 11.2 Å². The molecule has 0 aliphatic carbocycles. The highest BCUT2D eigenvalue weighted by molar-refractivity contribution is 5.23. The number of aromatic hydroxyl groups is 1. The molecule has 118 valence electrons. The summed E-state index contributed by atoms with van der Waals surface area (Å²) in [5.74, 6) is -0.163. The Bertz CT molecular complexity index is 440. The molecule has 0 aliphatic heterocycles. The zero-order valence-corrected chi connectivity index (χ0v) is 13.4. The summed E-state index contributed by atoms with van der Waals surface area (Å²) in [7, 11) is 0. The normalized spacial score (nSPS) is 10.7. The largest absolute Gasteiger partial charge is 0.504 e. The first-order valence-corrected chi connectivity index (χ1v) is 8.56. The number of unbranched alkanes of at least 4 members (excludes halogenated alkanes) is 9. The second-order valence-electron chi connectivity index (χ2n) is 5.93. The summed E-state index contributed by atoms with van der Waals surface area (Å²) in [6.45, 7) is 2.25. The Balaban J connectivity index is 2.06. The van der Waals surface area contributed by atoms with E-state index in [9.17, 15) is 9.90 Å². The van der Waals surface area contributed by atoms with Crippen LogP contribution in [0.5, 0.6) is 5.75 Å². The maximum absolute atomic E-state index is 11.5. The van der Waals surface area contributed by atoms with E-state index < -0.39 is 0 Å². The topological polar surface area (TPSA) is 37.3 Å². The third-order valence-corrected chi connectivity index (χ3v) is 3.95. The lowest BCUT2D eigenvalue weighted by Crippen LogP contribution is -1.95. The molecule has 0 saturated carbocycles. The van der Waals surface area contributed by atoms with Crippen molar-refractivity contribution in [1.29, 1.82) is 0 Å². The van der Waals surface area contributed by atoms with Crippen molar-refractivity contribution in [2.24, 2.45) is 0 Å². The summed E-state index contributed by atoms with van der Waals surface area (Å²) < 4.78 is 0. The lowest BCUT2D eigenvalue weighted by atomic mass is 10.0. The van der Waals surface area contributed by atoms with E-state index in [1.165, 1.54) is 63.9 Å². The van der Waals surface area contributed by atoms with Gasteiger partial charge in [0.15, 0.2) is 5.75 Å². The van der Waals surface area contributed by atoms with Crippen LogP contribution in [-0.2, 0) is 6.42 Å². The van der Waals surface area contributed by atoms with Crippen LogP contribution in [0.3, 0.4) is 0 Å². The number of hydrogen-bond acceptors (Lipinski definition) is 2. The van der Waals surface area contributed by atoms with Gasteiger partial charge in [-0.25, -0.2) is 0 Å². The molecule has 0 bridgehead atoms. The van der Waals surface area contributed by atoms with E-state index in [0.29, 0.717) is 0 Å². The van der Waals surface area contributed by atoms with E-state index in [2.05, 4.69) is 6.92 Å². The van der Waals surface area contributed by atoms with Crippen LogP contribution in [0.1, 0.15) is 76.7 Å². The van der Waals surface area contributed by atoms with Gasteiger partial charge in [-0.15, -0.1) is 0 Å². The number of hydrogen-bond donors (Lipinski definition) is 1. The molecule has 0 amide bonds. The quantitative estimate of drug-likeness (QED) is 0.568. The molecule has 1 rings (SSSR count). The fourth-order valence-corrected chi connectivity index (χ4v) is 2.61. The molecule has 0 saturated heterocycles. The Morgan fingerprint density at radius 2 is 1.43 bits per heavy atom. The fraction of sp³-hybridized carbons (Fsp3) is 0.632. The zero-order chi connectivity index (χ0) is 15.3. The first-order chi connectivity index (χ1) is 10.2. The molecule has 1 N–H and O–H groups in total. The van der Waals surface area contributed by atoms with E-state index in [1.54, 1.807) is 12.1 Å². The Kier molecular flexibility index (Phi) is 9.60. The third kappa shape index (κ3) is 8.54. The van der Waals surface area contributed by atoms with Crippen LogP contribution in [-0.4, -0.2) is 5.11 Å². The van der Waals surface area contributed by atoms with E-state index >= 15 is 0 Å². The van der Waals surface area contributed by atoms with Gasteiger partial charge in [0.05, 0.1) is 0 Å². The number of aryl methyl sites for hydroxylation is 1. The van der Waals surface area contributed by atoms with Gasteiger partial charge in [0.1, 0.15) is 0 Å². The van der Waals surface area contributed by atoms with Crippen LogP contribution < -0.4 is 5.43 Å². The van der Waals surface area contributed by atoms with Crippen molar-refractivity contribution < 1.29 is 5.11 Å². The molecule has 0 atom stereocenters. The average Bonchev–Trinajstić information content (AvgIpc) is 2.63. The monoisotopic (exact) mass is 290 g/mol. The van der Waals surface area contributed by atoms with E-state index in [1.807, 2.05) is 6.07 Å². The highest BCUT2D eigenvalue weighted by atomic mass is 16.3. The standard InChI is InChI=1S/C19H30O2/c1-2-3-4-5-6-7-8-9-10-11-13-17-14-12-15-18(20)19(21)16-17/h12,14-16H,2-11,13H2,1H3,(H,20,21). The lowest BCUT2D eigenvalue weighted by molar-refractivity contribution is 0.471. The van der Waals surface area contributed by atoms with Gasteiger partial charge in [0, 0.05) is 0 Å². The molecule has 1 aromatic carbocycles. The van der Waals surface area contributed by atoms with Crippen LogP contribution >= 0.6 is 0 Å². The van der Waals surface area contributed by atoms with Crippen molar-refractivity contribution in [3.8, 4) is 5.75 Å². The molecule has 21 heavy (non-hydrogen) atoms. The van der Waals surface area contributed by atoms with Crippen molar-refractivity contribution >= 4 is 0 Å². The van der Waals surface area contributed by atoms with Crippen molar-refractivity contribution in [3.05, 3.63) is 40.1 Å². The molecule has 0 fully saturated rings. The summed E-state index contributed by atoms with van der Waals surface area (Å²) in [6, 6.07) is 6.70. The highest BCUT2D eigenvalue weighted by Gasteiger charge is 1.97. The van der Waals surface area contributed by atoms with Gasteiger partial charge in [-0.1, -0.05) is 76.8 Å². The van der Waals surface area contributed by atoms with Gasteiger partial charge in [-0.05, 0) is 30.5 Å². The summed E-state index contributed by atoms with van der Waals surface area (Å²) >= 11 is 0. The van der Waals surface area contributed by atoms with Gasteiger partial charge in [-0.2, -0.15) is 0 Å². The maximum Gasteiger partial charge on any atom is 0.220 e. The van der Waals surface area contributed by atoms with E-state index in [0.717, 1.165) is 18.4 Å². The molecule has 0 unspecified atom stereocenters. The van der Waals surface area contributed by atoms with Crippen molar-refractivity contribution in [3.63, 3.8) is 0 Å². The van der Waals surface area contributed by atoms with Crippen molar-refractivity contribution in [2.45, 2.75) is 77.6 Å². The molecule has 0 aromatic heterocycles. The Morgan fingerprint density at radius 1 is 0.857 bits per heavy atom. The summed E-state index contributed by atoms with van der Waals surface area (Å²) in [5, 5.41) is 9.34. The van der Waals surface area contributed by atoms with Gasteiger partial charge >= 0.3 is 0 Å². The smallest absolute Gasteiger partial charge is 0.220 e. The van der Waals surface area contributed by atoms with Crippen LogP contribution in [0.25, 0.3) is 0 Å². The van der Waals surface area contributed by atoms with Crippen LogP contribution in [0.4, 0.5) is 0 Å². The zero-order valence-electron chi connectivity index (χ0n) is 13.4. The van der Waals surface area contributed by atoms with Crippen molar-refractivity contribution in [2.75, 3.05) is 0 Å². The fourth-order valence-electron chi connectivity index (χ4n) is 2.61. The van der Waals surface area contributed by atoms with Crippen LogP contribution in [0.15, 0.2) is 29.1 Å². The Labute approximate surface area is 129 Å².